The Balaban J connectivity index is 2.67. The summed E-state index contributed by atoms with van der Waals surface area (Å²) in [5.74, 6) is -2.82. The highest BCUT2D eigenvalue weighted by molar-refractivity contribution is 5.82. The highest BCUT2D eigenvalue weighted by atomic mass is 16.4. The van der Waals surface area contributed by atoms with Crippen molar-refractivity contribution in [2.24, 2.45) is 17.6 Å². The van der Waals surface area contributed by atoms with Gasteiger partial charge in [0.15, 0.2) is 0 Å². The average molecular weight is 170 g/mol. The van der Waals surface area contributed by atoms with Crippen LogP contribution in [0.1, 0.15) is 25.7 Å². The summed E-state index contributed by atoms with van der Waals surface area (Å²) >= 11 is 0. The van der Waals surface area contributed by atoms with Gasteiger partial charge in [-0.05, 0) is 12.8 Å². The number of carbonyl (C=O) groups is 2. The summed E-state index contributed by atoms with van der Waals surface area (Å²) < 4.78 is 0. The highest BCUT2D eigenvalue weighted by Gasteiger charge is 2.29. The molecule has 1 aliphatic rings. The lowest BCUT2D eigenvalue weighted by Crippen LogP contribution is -2.42. The van der Waals surface area contributed by atoms with E-state index in [1.165, 1.54) is 0 Å². The first-order chi connectivity index (χ1) is 5.63. The molecule has 0 aromatic heterocycles. The Morgan fingerprint density at radius 3 is 2.00 bits per heavy atom. The summed E-state index contributed by atoms with van der Waals surface area (Å²) in [6.07, 6.45) is 2.85. The van der Waals surface area contributed by atoms with Crippen LogP contribution in [0, 0.1) is 11.8 Å². The van der Waals surface area contributed by atoms with Crippen molar-refractivity contribution < 1.29 is 14.7 Å². The lowest BCUT2D eigenvalue weighted by Gasteiger charge is -2.29. The van der Waals surface area contributed by atoms with Gasteiger partial charge in [0.05, 0.1) is 0 Å². The van der Waals surface area contributed by atoms with Crippen molar-refractivity contribution >= 4 is 11.9 Å². The van der Waals surface area contributed by atoms with E-state index in [1.807, 2.05) is 0 Å². The van der Waals surface area contributed by atoms with E-state index < -0.39 is 23.7 Å². The quantitative estimate of drug-likeness (QED) is 0.578. The molecule has 0 bridgehead atoms. The van der Waals surface area contributed by atoms with Crippen LogP contribution in [-0.4, -0.2) is 11.9 Å². The van der Waals surface area contributed by atoms with Crippen molar-refractivity contribution in [1.29, 1.82) is 0 Å². The predicted molar refractivity (Wildman–Crippen MR) is 39.6 cm³/mol. The molecule has 1 aliphatic carbocycles. The standard InChI is InChI=1S/C8H13NO3/c9-7(10)5-3-1-2-4-6(5)8(11)12/h5-6H,1-4H2,(H2,9,10)(H,11,12)/p-1/t5-,6-/m1/s1. The molecule has 0 radical (unpaired) electrons. The summed E-state index contributed by atoms with van der Waals surface area (Å²) in [4.78, 5) is 21.4. The summed E-state index contributed by atoms with van der Waals surface area (Å²) in [5.41, 5.74) is 5.07. The number of nitrogens with two attached hydrogens (primary N) is 1. The van der Waals surface area contributed by atoms with Crippen LogP contribution in [0.25, 0.3) is 0 Å². The summed E-state index contributed by atoms with van der Waals surface area (Å²) in [6.45, 7) is 0. The number of rotatable bonds is 2. The van der Waals surface area contributed by atoms with Crippen molar-refractivity contribution in [3.63, 3.8) is 0 Å². The molecule has 1 fully saturated rings. The number of hydrogen-bond donors (Lipinski definition) is 1. The number of carboxylic acids is 1. The minimum absolute atomic E-state index is 0.510. The zero-order valence-electron chi connectivity index (χ0n) is 6.79. The topological polar surface area (TPSA) is 83.2 Å². The second kappa shape index (κ2) is 3.56. The molecule has 1 saturated carbocycles. The number of carboxylic acid groups (broad SMARTS) is 1. The van der Waals surface area contributed by atoms with Crippen molar-refractivity contribution in [2.45, 2.75) is 25.7 Å². The second-order valence-electron chi connectivity index (χ2n) is 3.22. The molecular formula is C8H12NO3-. The van der Waals surface area contributed by atoms with Gasteiger partial charge in [0, 0.05) is 17.8 Å². The van der Waals surface area contributed by atoms with Crippen LogP contribution in [-0.2, 0) is 9.59 Å². The molecule has 12 heavy (non-hydrogen) atoms. The van der Waals surface area contributed by atoms with E-state index in [0.717, 1.165) is 12.8 Å². The fraction of sp³-hybridized carbons (Fsp3) is 0.750. The first kappa shape index (κ1) is 9.03. The molecule has 2 atom stereocenters. The molecule has 0 unspecified atom stereocenters. The van der Waals surface area contributed by atoms with Gasteiger partial charge in [-0.2, -0.15) is 0 Å². The SMILES string of the molecule is NC(=O)[C@@H]1CCCC[C@H]1C(=O)[O-]. The summed E-state index contributed by atoms with van der Waals surface area (Å²) in [7, 11) is 0. The van der Waals surface area contributed by atoms with Gasteiger partial charge >= 0.3 is 0 Å². The maximum absolute atomic E-state index is 10.8. The number of hydrogen-bond acceptors (Lipinski definition) is 3. The van der Waals surface area contributed by atoms with E-state index in [2.05, 4.69) is 0 Å². The van der Waals surface area contributed by atoms with Gasteiger partial charge < -0.3 is 15.6 Å². The lowest BCUT2D eigenvalue weighted by atomic mass is 9.79. The van der Waals surface area contributed by atoms with Crippen LogP contribution in [0.15, 0.2) is 0 Å². The van der Waals surface area contributed by atoms with E-state index in [-0.39, 0.29) is 0 Å². The van der Waals surface area contributed by atoms with Crippen LogP contribution in [0.2, 0.25) is 0 Å². The normalized spacial score (nSPS) is 29.7. The maximum atomic E-state index is 10.8. The molecule has 0 aromatic rings. The Morgan fingerprint density at radius 1 is 1.17 bits per heavy atom. The lowest BCUT2D eigenvalue weighted by molar-refractivity contribution is -0.313. The summed E-state index contributed by atoms with van der Waals surface area (Å²) in [6, 6.07) is 0. The van der Waals surface area contributed by atoms with Crippen molar-refractivity contribution in [3.8, 4) is 0 Å². The zero-order valence-corrected chi connectivity index (χ0v) is 6.79. The van der Waals surface area contributed by atoms with E-state index >= 15 is 0 Å². The molecule has 1 rings (SSSR count). The molecule has 0 aromatic carbocycles. The van der Waals surface area contributed by atoms with Crippen LogP contribution in [0.3, 0.4) is 0 Å². The third-order valence-corrected chi connectivity index (χ3v) is 2.43. The third-order valence-electron chi connectivity index (χ3n) is 2.43. The average Bonchev–Trinajstić information content (AvgIpc) is 2.04. The van der Waals surface area contributed by atoms with Crippen LogP contribution in [0.4, 0.5) is 0 Å². The minimum atomic E-state index is -1.14. The minimum Gasteiger partial charge on any atom is -0.550 e. The molecule has 1 amide bonds. The first-order valence-corrected chi connectivity index (χ1v) is 4.13. The van der Waals surface area contributed by atoms with Crippen LogP contribution in [0.5, 0.6) is 0 Å². The highest BCUT2D eigenvalue weighted by Crippen LogP contribution is 2.29. The van der Waals surface area contributed by atoms with E-state index in [9.17, 15) is 14.7 Å². The van der Waals surface area contributed by atoms with Gasteiger partial charge in [0.25, 0.3) is 0 Å². The fourth-order valence-corrected chi connectivity index (χ4v) is 1.75. The first-order valence-electron chi connectivity index (χ1n) is 4.13. The fourth-order valence-electron chi connectivity index (χ4n) is 1.75. The number of amides is 1. The number of aliphatic carboxylic acids is 1. The van der Waals surface area contributed by atoms with Gasteiger partial charge in [0.2, 0.25) is 5.91 Å². The van der Waals surface area contributed by atoms with Gasteiger partial charge in [-0.3, -0.25) is 4.79 Å². The Labute approximate surface area is 70.7 Å². The van der Waals surface area contributed by atoms with Gasteiger partial charge in [-0.25, -0.2) is 0 Å². The van der Waals surface area contributed by atoms with Crippen LogP contribution < -0.4 is 10.8 Å². The molecule has 0 heterocycles. The van der Waals surface area contributed by atoms with E-state index in [0.29, 0.717) is 12.8 Å². The van der Waals surface area contributed by atoms with Gasteiger partial charge in [-0.1, -0.05) is 12.8 Å². The van der Waals surface area contributed by atoms with Crippen molar-refractivity contribution in [1.82, 2.24) is 0 Å². The molecule has 0 aliphatic heterocycles. The monoisotopic (exact) mass is 170 g/mol. The molecule has 0 saturated heterocycles. The number of carbonyl (C=O) groups excluding carboxylic acids is 2. The van der Waals surface area contributed by atoms with E-state index in [1.54, 1.807) is 0 Å². The van der Waals surface area contributed by atoms with Crippen LogP contribution >= 0.6 is 0 Å². The zero-order chi connectivity index (χ0) is 9.14. The maximum Gasteiger partial charge on any atom is 0.221 e. The third kappa shape index (κ3) is 1.75. The Hall–Kier alpha value is -1.06. The Bertz CT molecular complexity index is 180. The van der Waals surface area contributed by atoms with Crippen molar-refractivity contribution in [2.75, 3.05) is 0 Å². The molecule has 2 N–H and O–H groups in total. The summed E-state index contributed by atoms with van der Waals surface area (Å²) in [5, 5.41) is 10.6. The molecular weight excluding hydrogens is 158 g/mol. The van der Waals surface area contributed by atoms with Crippen molar-refractivity contribution in [3.05, 3.63) is 0 Å². The smallest absolute Gasteiger partial charge is 0.221 e. The van der Waals surface area contributed by atoms with Gasteiger partial charge in [0.1, 0.15) is 0 Å². The molecule has 4 heteroatoms. The molecule has 68 valence electrons. The molecule has 4 nitrogen and oxygen atoms in total. The predicted octanol–water partition coefficient (Wildman–Crippen LogP) is -0.972. The Morgan fingerprint density at radius 2 is 1.67 bits per heavy atom. The number of primary amides is 1. The molecule has 0 spiro atoms. The second-order valence-corrected chi connectivity index (χ2v) is 3.22. The van der Waals surface area contributed by atoms with Gasteiger partial charge in [-0.15, -0.1) is 0 Å². The Kier molecular flexibility index (Phi) is 2.68. The van der Waals surface area contributed by atoms with E-state index in [4.69, 9.17) is 5.73 Å². The largest absolute Gasteiger partial charge is 0.550 e.